The number of aromatic nitrogens is 3. The molecule has 0 spiro atoms. The van der Waals surface area contributed by atoms with E-state index in [9.17, 15) is 4.79 Å². The topological polar surface area (TPSA) is 89.1 Å². The SMILES string of the molecule is O=C(NCc1ncn[nH]1)[C@H]1C[C@@H]1CCC12CCC(c3cccc(Oc4ccccc4)c3)(CC1)OC2. The number of nitrogens with one attached hydrogen (secondary N) is 2. The van der Waals surface area contributed by atoms with Crippen LogP contribution in [-0.2, 0) is 21.7 Å². The van der Waals surface area contributed by atoms with E-state index in [1.165, 1.54) is 24.7 Å². The molecule has 35 heavy (non-hydrogen) atoms. The first kappa shape index (κ1) is 22.3. The fourth-order valence-electron chi connectivity index (χ4n) is 5.92. The molecule has 4 fully saturated rings. The maximum absolute atomic E-state index is 12.5. The highest BCUT2D eigenvalue weighted by atomic mass is 16.5. The van der Waals surface area contributed by atoms with E-state index in [0.717, 1.165) is 50.2 Å². The maximum Gasteiger partial charge on any atom is 0.223 e. The van der Waals surface area contributed by atoms with Gasteiger partial charge in [-0.3, -0.25) is 9.89 Å². The normalized spacial score (nSPS) is 29.0. The first-order valence-electron chi connectivity index (χ1n) is 12.7. The van der Waals surface area contributed by atoms with Crippen molar-refractivity contribution in [1.82, 2.24) is 20.5 Å². The van der Waals surface area contributed by atoms with Crippen molar-refractivity contribution < 1.29 is 14.3 Å². The second-order valence-corrected chi connectivity index (χ2v) is 10.5. The minimum atomic E-state index is -0.194. The van der Waals surface area contributed by atoms with Gasteiger partial charge in [-0.05, 0) is 86.1 Å². The first-order valence-corrected chi connectivity index (χ1v) is 12.7. The smallest absolute Gasteiger partial charge is 0.223 e. The quantitative estimate of drug-likeness (QED) is 0.451. The number of hydrogen-bond acceptors (Lipinski definition) is 5. The van der Waals surface area contributed by atoms with Gasteiger partial charge in [0.1, 0.15) is 23.7 Å². The summed E-state index contributed by atoms with van der Waals surface area (Å²) in [7, 11) is 0. The van der Waals surface area contributed by atoms with Crippen molar-refractivity contribution in [3.63, 3.8) is 0 Å². The summed E-state index contributed by atoms with van der Waals surface area (Å²) in [6, 6.07) is 18.3. The Kier molecular flexibility index (Phi) is 5.80. The second-order valence-electron chi connectivity index (χ2n) is 10.5. The number of rotatable bonds is 9. The van der Waals surface area contributed by atoms with Crippen molar-refractivity contribution in [3.05, 3.63) is 72.3 Å². The molecule has 2 saturated carbocycles. The minimum Gasteiger partial charge on any atom is -0.457 e. The highest BCUT2D eigenvalue weighted by molar-refractivity contribution is 5.81. The fraction of sp³-hybridized carbons (Fsp3) is 0.464. The standard InChI is InChI=1S/C28H32N4O3/c33-26(29-17-25-30-19-31-32-25)24-15-20(24)9-10-27-11-13-28(14-12-27,34-18-27)21-5-4-8-23(16-21)35-22-6-2-1-3-7-22/h1-8,16,19-20,24H,9-15,17-18H2,(H,29,33)(H,30,31,32)/t20-,24-,27?,28?/m0/s1. The molecule has 1 aromatic heterocycles. The number of carbonyl (C=O) groups excluding carboxylic acids is 1. The van der Waals surface area contributed by atoms with Gasteiger partial charge in [0.05, 0.1) is 18.8 Å². The first-order chi connectivity index (χ1) is 17.1. The van der Waals surface area contributed by atoms with Gasteiger partial charge in [-0.15, -0.1) is 0 Å². The van der Waals surface area contributed by atoms with Gasteiger partial charge in [0.2, 0.25) is 5.91 Å². The lowest BCUT2D eigenvalue weighted by Crippen LogP contribution is -2.49. The maximum atomic E-state index is 12.5. The van der Waals surface area contributed by atoms with Crippen molar-refractivity contribution in [1.29, 1.82) is 0 Å². The third kappa shape index (κ3) is 4.69. The largest absolute Gasteiger partial charge is 0.457 e. The molecule has 1 amide bonds. The van der Waals surface area contributed by atoms with Gasteiger partial charge in [0, 0.05) is 5.92 Å². The van der Waals surface area contributed by atoms with Crippen molar-refractivity contribution in [2.75, 3.05) is 6.61 Å². The average molecular weight is 473 g/mol. The number of para-hydroxylation sites is 1. The molecule has 2 bridgehead atoms. The predicted octanol–water partition coefficient (Wildman–Crippen LogP) is 5.12. The van der Waals surface area contributed by atoms with Gasteiger partial charge in [-0.1, -0.05) is 30.3 Å². The second kappa shape index (κ2) is 9.11. The summed E-state index contributed by atoms with van der Waals surface area (Å²) in [4.78, 5) is 16.5. The number of ether oxygens (including phenoxy) is 2. The summed E-state index contributed by atoms with van der Waals surface area (Å²) < 4.78 is 12.7. The molecule has 7 nitrogen and oxygen atoms in total. The van der Waals surface area contributed by atoms with Crippen LogP contribution in [0, 0.1) is 17.3 Å². The average Bonchev–Trinajstić information content (AvgIpc) is 3.51. The Balaban J connectivity index is 1.01. The number of H-pyrrole nitrogens is 1. The van der Waals surface area contributed by atoms with Crippen molar-refractivity contribution in [3.8, 4) is 11.5 Å². The summed E-state index contributed by atoms with van der Waals surface area (Å²) in [6.07, 6.45) is 9.19. The van der Waals surface area contributed by atoms with Gasteiger partial charge in [0.15, 0.2) is 0 Å². The zero-order valence-electron chi connectivity index (χ0n) is 19.9. The highest BCUT2D eigenvalue weighted by Gasteiger charge is 2.51. The molecule has 3 heterocycles. The molecular weight excluding hydrogens is 440 g/mol. The molecule has 0 unspecified atom stereocenters. The number of fused-ring (bicyclic) bond motifs is 3. The number of hydrogen-bond donors (Lipinski definition) is 2. The van der Waals surface area contributed by atoms with Gasteiger partial charge >= 0.3 is 0 Å². The van der Waals surface area contributed by atoms with Crippen molar-refractivity contribution >= 4 is 5.91 Å². The Hall–Kier alpha value is -3.19. The molecule has 3 aromatic rings. The van der Waals surface area contributed by atoms with Crippen LogP contribution in [0.1, 0.15) is 56.3 Å². The van der Waals surface area contributed by atoms with Gasteiger partial charge in [-0.25, -0.2) is 4.98 Å². The molecule has 4 aliphatic rings. The van der Waals surface area contributed by atoms with Crippen LogP contribution in [0.3, 0.4) is 0 Å². The Bertz CT molecular complexity index is 1140. The molecule has 2 aromatic carbocycles. The van der Waals surface area contributed by atoms with E-state index in [0.29, 0.717) is 18.3 Å². The molecule has 2 aliphatic carbocycles. The highest BCUT2D eigenvalue weighted by Crippen LogP contribution is 2.57. The van der Waals surface area contributed by atoms with E-state index >= 15 is 0 Å². The summed E-state index contributed by atoms with van der Waals surface area (Å²) in [5.74, 6) is 3.18. The van der Waals surface area contributed by atoms with Crippen LogP contribution in [0.2, 0.25) is 0 Å². The lowest BCUT2D eigenvalue weighted by atomic mass is 9.62. The minimum absolute atomic E-state index is 0.143. The monoisotopic (exact) mass is 472 g/mol. The zero-order chi connectivity index (χ0) is 23.7. The van der Waals surface area contributed by atoms with Crippen LogP contribution in [0.5, 0.6) is 11.5 Å². The predicted molar refractivity (Wildman–Crippen MR) is 131 cm³/mol. The third-order valence-corrected chi connectivity index (χ3v) is 8.31. The number of benzene rings is 2. The molecular formula is C28H32N4O3. The number of amides is 1. The van der Waals surface area contributed by atoms with Gasteiger partial charge < -0.3 is 14.8 Å². The van der Waals surface area contributed by atoms with Crippen LogP contribution in [-0.4, -0.2) is 27.7 Å². The van der Waals surface area contributed by atoms with E-state index in [2.05, 4.69) is 38.7 Å². The summed E-state index contributed by atoms with van der Waals surface area (Å²) in [5, 5.41) is 9.58. The Labute approximate surface area is 205 Å². The van der Waals surface area contributed by atoms with Crippen LogP contribution in [0.15, 0.2) is 60.9 Å². The van der Waals surface area contributed by atoms with Gasteiger partial charge in [-0.2, -0.15) is 5.10 Å². The van der Waals surface area contributed by atoms with E-state index in [1.807, 2.05) is 36.4 Å². The van der Waals surface area contributed by atoms with Crippen LogP contribution < -0.4 is 10.1 Å². The van der Waals surface area contributed by atoms with Crippen molar-refractivity contribution in [2.45, 2.75) is 57.1 Å². The number of carbonyl (C=O) groups is 1. The molecule has 7 rings (SSSR count). The van der Waals surface area contributed by atoms with Crippen LogP contribution in [0.4, 0.5) is 0 Å². The van der Waals surface area contributed by atoms with E-state index in [1.54, 1.807) is 0 Å². The molecule has 2 aliphatic heterocycles. The number of nitrogens with zero attached hydrogens (tertiary/aromatic N) is 2. The van der Waals surface area contributed by atoms with E-state index < -0.39 is 0 Å². The summed E-state index contributed by atoms with van der Waals surface area (Å²) in [5.41, 5.74) is 1.30. The van der Waals surface area contributed by atoms with Crippen LogP contribution >= 0.6 is 0 Å². The lowest BCUT2D eigenvalue weighted by molar-refractivity contribution is -0.192. The zero-order valence-corrected chi connectivity index (χ0v) is 19.9. The van der Waals surface area contributed by atoms with E-state index in [-0.39, 0.29) is 22.8 Å². The van der Waals surface area contributed by atoms with Gasteiger partial charge in [0.25, 0.3) is 0 Å². The molecule has 2 saturated heterocycles. The Morgan fingerprint density at radius 2 is 1.91 bits per heavy atom. The molecule has 2 N–H and O–H groups in total. The fourth-order valence-corrected chi connectivity index (χ4v) is 5.92. The number of aromatic amines is 1. The molecule has 7 heteroatoms. The Morgan fingerprint density at radius 1 is 1.09 bits per heavy atom. The van der Waals surface area contributed by atoms with Crippen molar-refractivity contribution in [2.24, 2.45) is 17.3 Å². The third-order valence-electron chi connectivity index (χ3n) is 8.31. The van der Waals surface area contributed by atoms with E-state index in [4.69, 9.17) is 9.47 Å². The Morgan fingerprint density at radius 3 is 2.66 bits per heavy atom. The molecule has 2 atom stereocenters. The lowest BCUT2D eigenvalue weighted by Gasteiger charge is -2.53. The summed E-state index contributed by atoms with van der Waals surface area (Å²) >= 11 is 0. The molecule has 0 radical (unpaired) electrons. The summed E-state index contributed by atoms with van der Waals surface area (Å²) in [6.45, 7) is 1.23. The molecule has 182 valence electrons. The van der Waals surface area contributed by atoms with Crippen LogP contribution in [0.25, 0.3) is 0 Å².